The highest BCUT2D eigenvalue weighted by atomic mass is 16.3. The van der Waals surface area contributed by atoms with Gasteiger partial charge in [-0.1, -0.05) is 163 Å². The van der Waals surface area contributed by atoms with Gasteiger partial charge in [0.05, 0.1) is 24.7 Å². The Bertz CT molecular complexity index is 3800. The van der Waals surface area contributed by atoms with Crippen molar-refractivity contribution in [2.45, 2.75) is 0 Å². The Morgan fingerprint density at radius 1 is 0.367 bits per heavy atom. The highest BCUT2D eigenvalue weighted by Crippen LogP contribution is 2.48. The Morgan fingerprint density at radius 3 is 1.57 bits per heavy atom. The Balaban J connectivity index is 1.32. The topological polar surface area (TPSA) is 13.1 Å². The van der Waals surface area contributed by atoms with Gasteiger partial charge >= 0.3 is 0 Å². The molecule has 0 spiro atoms. The zero-order chi connectivity index (χ0) is 48.0. The van der Waals surface area contributed by atoms with Crippen molar-refractivity contribution in [1.82, 2.24) is 0 Å². The lowest BCUT2D eigenvalue weighted by molar-refractivity contribution is 0.669. The molecule has 0 aliphatic carbocycles. The molecule has 10 aromatic rings. The molecule has 0 saturated carbocycles. The number of fused-ring (bicyclic) bond motifs is 6. The zero-order valence-electron chi connectivity index (χ0n) is 43.3. The monoisotopic (exact) mass is 640 g/mol. The second-order valence-corrected chi connectivity index (χ2v) is 11.4. The molecule has 0 unspecified atom stereocenters. The van der Waals surface area contributed by atoms with Crippen LogP contribution in [0.3, 0.4) is 0 Å². The average molecular weight is 641 g/mol. The van der Waals surface area contributed by atoms with Crippen LogP contribution in [-0.2, 0) is 0 Å². The van der Waals surface area contributed by atoms with Crippen LogP contribution in [0.2, 0.25) is 0 Å². The summed E-state index contributed by atoms with van der Waals surface area (Å²) in [7, 11) is 0. The van der Waals surface area contributed by atoms with E-state index >= 15 is 0 Å². The van der Waals surface area contributed by atoms with Gasteiger partial charge in [0.25, 0.3) is 0 Å². The SMILES string of the molecule is [2H]c1c([2H])c([2H])c(-c2c([2H])c([2H])c(-c3ccccc3-c3c4ccccc4c(-c4c([2H])c([2H])c([2H])c5oc6c([2H])c7c([2H])c([2H])c([2H])c([2H])c7c([2H])c6c45)c4ccccc34)c([2H])c2[2H])c([2H])c1[2H]. The minimum absolute atomic E-state index is 0.0279. The number of hydrogen-bond donors (Lipinski definition) is 0. The molecule has 0 radical (unpaired) electrons. The fourth-order valence-electron chi connectivity index (χ4n) is 6.66. The maximum Gasteiger partial charge on any atom is 0.136 e. The fraction of sp³-hybridized carbons (Fsp3) is 0. The third-order valence-electron chi connectivity index (χ3n) is 8.72. The van der Waals surface area contributed by atoms with Crippen molar-refractivity contribution in [3.05, 3.63) is 182 Å². The van der Waals surface area contributed by atoms with Crippen LogP contribution in [0.4, 0.5) is 0 Å². The summed E-state index contributed by atoms with van der Waals surface area (Å²) in [6, 6.07) is 10.7. The van der Waals surface area contributed by atoms with E-state index in [2.05, 4.69) is 0 Å². The van der Waals surface area contributed by atoms with Gasteiger partial charge in [0.1, 0.15) is 11.2 Å². The normalized spacial score (nSPS) is 16.8. The third-order valence-corrected chi connectivity index (χ3v) is 8.72. The Hall–Kier alpha value is -6.44. The minimum Gasteiger partial charge on any atom is -0.456 e. The number of furan rings is 1. The first-order chi connectivity index (χ1) is 31.8. The van der Waals surface area contributed by atoms with Crippen molar-refractivity contribution >= 4 is 54.3 Å². The molecule has 228 valence electrons. The molecule has 0 aliphatic rings. The predicted molar refractivity (Wildman–Crippen MR) is 208 cm³/mol. The highest BCUT2D eigenvalue weighted by molar-refractivity contribution is 6.26. The molecule has 0 bridgehead atoms. The maximum atomic E-state index is 9.53. The molecule has 10 rings (SSSR count). The molecule has 0 aliphatic heterocycles. The van der Waals surface area contributed by atoms with E-state index < -0.39 is 120 Å². The second-order valence-electron chi connectivity index (χ2n) is 11.4. The van der Waals surface area contributed by atoms with Gasteiger partial charge in [-0.05, 0) is 95.0 Å². The molecule has 1 aromatic heterocycles. The molecule has 0 fully saturated rings. The van der Waals surface area contributed by atoms with Gasteiger partial charge in [0.2, 0.25) is 0 Å². The summed E-state index contributed by atoms with van der Waals surface area (Å²) in [5.41, 5.74) is 0.220. The van der Waals surface area contributed by atoms with Crippen molar-refractivity contribution in [3.63, 3.8) is 0 Å². The number of rotatable bonds is 4. The third kappa shape index (κ3) is 4.40. The van der Waals surface area contributed by atoms with E-state index in [1.165, 1.54) is 0 Å². The first-order valence-corrected chi connectivity index (χ1v) is 15.4. The van der Waals surface area contributed by atoms with E-state index in [0.29, 0.717) is 38.2 Å². The molecule has 0 N–H and O–H groups in total. The maximum absolute atomic E-state index is 9.53. The highest BCUT2D eigenvalue weighted by Gasteiger charge is 2.21. The molecule has 1 nitrogen and oxygen atoms in total. The van der Waals surface area contributed by atoms with Crippen LogP contribution in [-0.4, -0.2) is 0 Å². The molecule has 1 heteroatoms. The van der Waals surface area contributed by atoms with Crippen molar-refractivity contribution in [1.29, 1.82) is 0 Å². The van der Waals surface area contributed by atoms with Gasteiger partial charge in [0.15, 0.2) is 0 Å². The van der Waals surface area contributed by atoms with Crippen LogP contribution < -0.4 is 0 Å². The quantitative estimate of drug-likeness (QED) is 0.174. The summed E-state index contributed by atoms with van der Waals surface area (Å²) < 4.78 is 165. The number of benzene rings is 9. The van der Waals surface area contributed by atoms with Crippen LogP contribution in [0, 0.1) is 0 Å². The first-order valence-electron chi connectivity index (χ1n) is 24.4. The molecule has 1 heterocycles. The van der Waals surface area contributed by atoms with E-state index in [-0.39, 0.29) is 49.4 Å². The Labute approximate surface area is 309 Å². The van der Waals surface area contributed by atoms with E-state index in [9.17, 15) is 6.85 Å². The summed E-state index contributed by atoms with van der Waals surface area (Å²) in [6.07, 6.45) is 0. The van der Waals surface area contributed by atoms with E-state index in [0.717, 1.165) is 0 Å². The van der Waals surface area contributed by atoms with E-state index in [1.807, 2.05) is 12.1 Å². The van der Waals surface area contributed by atoms with Gasteiger partial charge in [0, 0.05) is 10.8 Å². The van der Waals surface area contributed by atoms with Crippen molar-refractivity contribution < 1.29 is 29.1 Å². The van der Waals surface area contributed by atoms with Crippen molar-refractivity contribution in [3.8, 4) is 44.5 Å². The Morgan fingerprint density at radius 2 is 0.898 bits per heavy atom. The summed E-state index contributed by atoms with van der Waals surface area (Å²) in [5.74, 6) is 0. The van der Waals surface area contributed by atoms with Gasteiger partial charge in [-0.2, -0.15) is 0 Å². The fourth-order valence-corrected chi connectivity index (χ4v) is 6.66. The second kappa shape index (κ2) is 11.1. The standard InChI is InChI=1S/C48H30O/c1-2-13-31(14-3-1)32-25-27-33(28-26-32)36-17-6-7-18-37(36)46-38-19-8-10-21-40(38)47(41-22-11-9-20-39(41)46)42-23-12-24-44-48(42)43-29-34-15-4-5-16-35(34)30-45(43)49-44/h1-30H/i1D,2D,3D,4D,5D,12D,13D,14D,15D,16D,23D,24D,25D,26D,27D,28D,29D,30D. The first kappa shape index (κ1) is 15.2. The van der Waals surface area contributed by atoms with Gasteiger partial charge in [-0.25, -0.2) is 0 Å². The molecule has 9 aromatic carbocycles. The van der Waals surface area contributed by atoms with Crippen LogP contribution in [0.5, 0.6) is 0 Å². The predicted octanol–water partition coefficient (Wildman–Crippen LogP) is 13.7. The summed E-state index contributed by atoms with van der Waals surface area (Å²) in [6.45, 7) is 0. The lowest BCUT2D eigenvalue weighted by atomic mass is 9.83. The summed E-state index contributed by atoms with van der Waals surface area (Å²) in [5, 5.41) is 1.58. The summed E-state index contributed by atoms with van der Waals surface area (Å²) >= 11 is 0. The van der Waals surface area contributed by atoms with Gasteiger partial charge < -0.3 is 4.42 Å². The largest absolute Gasteiger partial charge is 0.456 e. The van der Waals surface area contributed by atoms with Crippen LogP contribution in [0.15, 0.2) is 186 Å². The minimum atomic E-state index is -0.691. The van der Waals surface area contributed by atoms with Crippen LogP contribution in [0.1, 0.15) is 24.7 Å². The van der Waals surface area contributed by atoms with Gasteiger partial charge in [-0.3, -0.25) is 0 Å². The number of hydrogen-bond acceptors (Lipinski definition) is 1. The van der Waals surface area contributed by atoms with Crippen molar-refractivity contribution in [2.75, 3.05) is 0 Å². The summed E-state index contributed by atoms with van der Waals surface area (Å²) in [4.78, 5) is 0. The average Bonchev–Trinajstić information content (AvgIpc) is 3.73. The van der Waals surface area contributed by atoms with E-state index in [1.54, 1.807) is 60.7 Å². The molecule has 49 heavy (non-hydrogen) atoms. The van der Waals surface area contributed by atoms with Crippen LogP contribution >= 0.6 is 0 Å². The molecule has 0 saturated heterocycles. The zero-order valence-corrected chi connectivity index (χ0v) is 25.3. The Kier molecular flexibility index (Phi) is 3.43. The lowest BCUT2D eigenvalue weighted by Crippen LogP contribution is -1.93. The molecule has 0 atom stereocenters. The van der Waals surface area contributed by atoms with Crippen LogP contribution in [0.25, 0.3) is 98.8 Å². The van der Waals surface area contributed by atoms with E-state index in [4.69, 9.17) is 22.2 Å². The lowest BCUT2D eigenvalue weighted by Gasteiger charge is -2.20. The molecular formula is C48H30O. The molecule has 0 amide bonds. The molecular weight excluding hydrogens is 593 g/mol. The van der Waals surface area contributed by atoms with Crippen molar-refractivity contribution in [2.24, 2.45) is 0 Å². The van der Waals surface area contributed by atoms with Gasteiger partial charge in [-0.15, -0.1) is 0 Å². The smallest absolute Gasteiger partial charge is 0.136 e.